The van der Waals surface area contributed by atoms with Crippen molar-refractivity contribution in [1.82, 2.24) is 10.3 Å². The molecule has 2 heteroatoms. The molecular formula is C14H16N2. The minimum absolute atomic E-state index is 0.393. The van der Waals surface area contributed by atoms with Crippen LogP contribution >= 0.6 is 0 Å². The van der Waals surface area contributed by atoms with Crippen LogP contribution in [0.2, 0.25) is 0 Å². The summed E-state index contributed by atoms with van der Waals surface area (Å²) in [5.74, 6) is 0. The van der Waals surface area contributed by atoms with E-state index in [1.165, 1.54) is 10.9 Å². The SMILES string of the molecule is CNC(C)/C=C/c1ccc2ncccc2c1. The Hall–Kier alpha value is -1.67. The second-order valence-electron chi connectivity index (χ2n) is 3.89. The van der Waals surface area contributed by atoms with Crippen molar-refractivity contribution in [1.29, 1.82) is 0 Å². The molecule has 2 rings (SSSR count). The standard InChI is InChI=1S/C14H16N2/c1-11(15-2)5-6-12-7-8-14-13(10-12)4-3-9-16-14/h3-11,15H,1-2H3/b6-5+. The number of benzene rings is 1. The summed E-state index contributed by atoms with van der Waals surface area (Å²) in [5.41, 5.74) is 2.25. The number of hydrogen-bond acceptors (Lipinski definition) is 2. The van der Waals surface area contributed by atoms with Crippen LogP contribution in [0.25, 0.3) is 17.0 Å². The number of fused-ring (bicyclic) bond motifs is 1. The molecule has 1 unspecified atom stereocenters. The van der Waals surface area contributed by atoms with Crippen LogP contribution in [0.5, 0.6) is 0 Å². The van der Waals surface area contributed by atoms with Crippen molar-refractivity contribution in [3.63, 3.8) is 0 Å². The first-order chi connectivity index (χ1) is 7.79. The molecule has 0 amide bonds. The molecule has 16 heavy (non-hydrogen) atoms. The van der Waals surface area contributed by atoms with E-state index in [0.717, 1.165) is 5.52 Å². The third kappa shape index (κ3) is 2.47. The third-order valence-electron chi connectivity index (χ3n) is 2.66. The Labute approximate surface area is 96.0 Å². The van der Waals surface area contributed by atoms with E-state index in [1.807, 2.05) is 19.3 Å². The summed E-state index contributed by atoms with van der Waals surface area (Å²) in [4.78, 5) is 4.30. The van der Waals surface area contributed by atoms with Crippen LogP contribution in [0.1, 0.15) is 12.5 Å². The first-order valence-electron chi connectivity index (χ1n) is 5.50. The van der Waals surface area contributed by atoms with E-state index in [2.05, 4.69) is 53.6 Å². The third-order valence-corrected chi connectivity index (χ3v) is 2.66. The van der Waals surface area contributed by atoms with Crippen molar-refractivity contribution in [2.24, 2.45) is 0 Å². The lowest BCUT2D eigenvalue weighted by molar-refractivity contribution is 0.731. The lowest BCUT2D eigenvalue weighted by atomic mass is 10.1. The molecular weight excluding hydrogens is 196 g/mol. The molecule has 1 atom stereocenters. The van der Waals surface area contributed by atoms with E-state index in [4.69, 9.17) is 0 Å². The molecule has 0 radical (unpaired) electrons. The summed E-state index contributed by atoms with van der Waals surface area (Å²) < 4.78 is 0. The fraction of sp³-hybridized carbons (Fsp3) is 0.214. The molecule has 2 nitrogen and oxygen atoms in total. The fourth-order valence-corrected chi connectivity index (χ4v) is 1.55. The first-order valence-corrected chi connectivity index (χ1v) is 5.50. The Balaban J connectivity index is 2.29. The Morgan fingerprint density at radius 2 is 2.19 bits per heavy atom. The van der Waals surface area contributed by atoms with E-state index in [0.29, 0.717) is 6.04 Å². The molecule has 1 aromatic heterocycles. The van der Waals surface area contributed by atoms with Crippen LogP contribution < -0.4 is 5.32 Å². The summed E-state index contributed by atoms with van der Waals surface area (Å²) in [6.07, 6.45) is 6.10. The summed E-state index contributed by atoms with van der Waals surface area (Å²) in [6.45, 7) is 2.12. The quantitative estimate of drug-likeness (QED) is 0.846. The van der Waals surface area contributed by atoms with Crippen LogP contribution in [0.3, 0.4) is 0 Å². The predicted octanol–water partition coefficient (Wildman–Crippen LogP) is 2.86. The molecule has 0 bridgehead atoms. The molecule has 2 aromatic rings. The normalized spacial score (nSPS) is 13.4. The topological polar surface area (TPSA) is 24.9 Å². The van der Waals surface area contributed by atoms with Crippen LogP contribution in [0.15, 0.2) is 42.6 Å². The van der Waals surface area contributed by atoms with Crippen molar-refractivity contribution >= 4 is 17.0 Å². The number of rotatable bonds is 3. The number of aromatic nitrogens is 1. The summed E-state index contributed by atoms with van der Waals surface area (Å²) >= 11 is 0. The van der Waals surface area contributed by atoms with Gasteiger partial charge in [0.2, 0.25) is 0 Å². The van der Waals surface area contributed by atoms with Crippen LogP contribution in [0.4, 0.5) is 0 Å². The number of pyridine rings is 1. The van der Waals surface area contributed by atoms with Crippen molar-refractivity contribution in [2.45, 2.75) is 13.0 Å². The molecule has 0 aliphatic rings. The van der Waals surface area contributed by atoms with Gasteiger partial charge in [-0.1, -0.05) is 24.3 Å². The largest absolute Gasteiger partial charge is 0.314 e. The zero-order chi connectivity index (χ0) is 11.4. The zero-order valence-electron chi connectivity index (χ0n) is 9.64. The average Bonchev–Trinajstić information content (AvgIpc) is 2.35. The van der Waals surface area contributed by atoms with E-state index in [-0.39, 0.29) is 0 Å². The van der Waals surface area contributed by atoms with Crippen LogP contribution in [-0.2, 0) is 0 Å². The maximum Gasteiger partial charge on any atom is 0.0702 e. The minimum Gasteiger partial charge on any atom is -0.314 e. The predicted molar refractivity (Wildman–Crippen MR) is 69.3 cm³/mol. The van der Waals surface area contributed by atoms with Gasteiger partial charge >= 0.3 is 0 Å². The van der Waals surface area contributed by atoms with Gasteiger partial charge in [-0.2, -0.15) is 0 Å². The van der Waals surface area contributed by atoms with Crippen molar-refractivity contribution in [3.05, 3.63) is 48.2 Å². The second-order valence-corrected chi connectivity index (χ2v) is 3.89. The van der Waals surface area contributed by atoms with Gasteiger partial charge in [-0.15, -0.1) is 0 Å². The van der Waals surface area contributed by atoms with Crippen molar-refractivity contribution < 1.29 is 0 Å². The van der Waals surface area contributed by atoms with Gasteiger partial charge in [-0.05, 0) is 37.7 Å². The minimum atomic E-state index is 0.393. The van der Waals surface area contributed by atoms with Gasteiger partial charge in [0.1, 0.15) is 0 Å². The van der Waals surface area contributed by atoms with Gasteiger partial charge in [0, 0.05) is 17.6 Å². The zero-order valence-corrected chi connectivity index (χ0v) is 9.64. The Morgan fingerprint density at radius 3 is 3.00 bits per heavy atom. The van der Waals surface area contributed by atoms with Gasteiger partial charge in [0.05, 0.1) is 5.52 Å². The molecule has 1 aromatic carbocycles. The fourth-order valence-electron chi connectivity index (χ4n) is 1.55. The molecule has 82 valence electrons. The molecule has 0 fully saturated rings. The van der Waals surface area contributed by atoms with Crippen molar-refractivity contribution in [2.75, 3.05) is 7.05 Å². The Morgan fingerprint density at radius 1 is 1.31 bits per heavy atom. The van der Waals surface area contributed by atoms with Crippen molar-refractivity contribution in [3.8, 4) is 0 Å². The summed E-state index contributed by atoms with van der Waals surface area (Å²) in [6, 6.07) is 10.7. The highest BCUT2D eigenvalue weighted by Gasteiger charge is 1.95. The molecule has 0 saturated heterocycles. The number of likely N-dealkylation sites (N-methyl/N-ethyl adjacent to an activating group) is 1. The molecule has 0 spiro atoms. The van der Waals surface area contributed by atoms with E-state index in [9.17, 15) is 0 Å². The molecule has 1 N–H and O–H groups in total. The van der Waals surface area contributed by atoms with E-state index in [1.54, 1.807) is 0 Å². The first kappa shape index (κ1) is 10.8. The average molecular weight is 212 g/mol. The van der Waals surface area contributed by atoms with Gasteiger partial charge in [0.15, 0.2) is 0 Å². The van der Waals surface area contributed by atoms with Crippen LogP contribution in [0, 0.1) is 0 Å². The molecule has 0 aliphatic carbocycles. The molecule has 0 aliphatic heterocycles. The van der Waals surface area contributed by atoms with Gasteiger partial charge in [0.25, 0.3) is 0 Å². The van der Waals surface area contributed by atoms with Gasteiger partial charge < -0.3 is 5.32 Å². The van der Waals surface area contributed by atoms with E-state index < -0.39 is 0 Å². The highest BCUT2D eigenvalue weighted by molar-refractivity contribution is 5.81. The second kappa shape index (κ2) is 4.90. The molecule has 0 saturated carbocycles. The number of nitrogens with zero attached hydrogens (tertiary/aromatic N) is 1. The maximum atomic E-state index is 4.30. The highest BCUT2D eigenvalue weighted by atomic mass is 14.8. The number of nitrogens with one attached hydrogen (secondary N) is 1. The monoisotopic (exact) mass is 212 g/mol. The summed E-state index contributed by atoms with van der Waals surface area (Å²) in [5, 5.41) is 4.36. The highest BCUT2D eigenvalue weighted by Crippen LogP contribution is 2.14. The number of hydrogen-bond donors (Lipinski definition) is 1. The lowest BCUT2D eigenvalue weighted by Gasteiger charge is -2.03. The maximum absolute atomic E-state index is 4.30. The Bertz CT molecular complexity index is 503. The van der Waals surface area contributed by atoms with Gasteiger partial charge in [-0.25, -0.2) is 0 Å². The Kier molecular flexibility index (Phi) is 3.32. The van der Waals surface area contributed by atoms with Gasteiger partial charge in [-0.3, -0.25) is 4.98 Å². The van der Waals surface area contributed by atoms with Crippen LogP contribution in [-0.4, -0.2) is 18.1 Å². The molecule has 1 heterocycles. The summed E-state index contributed by atoms with van der Waals surface area (Å²) in [7, 11) is 1.96. The smallest absolute Gasteiger partial charge is 0.0702 e. The van der Waals surface area contributed by atoms with E-state index >= 15 is 0 Å². The lowest BCUT2D eigenvalue weighted by Crippen LogP contribution is -2.17.